The van der Waals surface area contributed by atoms with E-state index in [1.165, 1.54) is 24.3 Å². The van der Waals surface area contributed by atoms with Crippen molar-refractivity contribution in [2.24, 2.45) is 0 Å². The smallest absolute Gasteiger partial charge is 0.269 e. The number of benzene rings is 1. The van der Waals surface area contributed by atoms with Gasteiger partial charge in [-0.15, -0.1) is 0 Å². The van der Waals surface area contributed by atoms with Crippen LogP contribution < -0.4 is 4.74 Å². The molecule has 2 aromatic rings. The van der Waals surface area contributed by atoms with Crippen LogP contribution in [0, 0.1) is 15.9 Å². The number of rotatable bonds is 3. The number of ether oxygens (including phenoxy) is 1. The zero-order chi connectivity index (χ0) is 13.1. The van der Waals surface area contributed by atoms with Crippen molar-refractivity contribution in [1.82, 2.24) is 9.97 Å². The number of aromatic nitrogens is 2. The fourth-order valence-corrected chi connectivity index (χ4v) is 1.28. The van der Waals surface area contributed by atoms with Crippen LogP contribution in [0.5, 0.6) is 11.6 Å². The summed E-state index contributed by atoms with van der Waals surface area (Å²) in [4.78, 5) is 16.9. The Morgan fingerprint density at radius 2 is 2.00 bits per heavy atom. The molecule has 0 unspecified atom stereocenters. The molecule has 8 heteroatoms. The quantitative estimate of drug-likeness (QED) is 0.486. The summed E-state index contributed by atoms with van der Waals surface area (Å²) >= 11 is 5.49. The molecule has 0 aliphatic heterocycles. The van der Waals surface area contributed by atoms with E-state index in [1.54, 1.807) is 0 Å². The van der Waals surface area contributed by atoms with Gasteiger partial charge in [0, 0.05) is 12.1 Å². The number of nitro benzene ring substituents is 1. The molecule has 6 nitrogen and oxygen atoms in total. The van der Waals surface area contributed by atoms with Gasteiger partial charge in [-0.2, -0.15) is 9.37 Å². The molecule has 1 aromatic carbocycles. The van der Waals surface area contributed by atoms with Crippen LogP contribution in [0.25, 0.3) is 0 Å². The fourth-order valence-electron chi connectivity index (χ4n) is 1.15. The molecule has 2 rings (SSSR count). The molecule has 0 atom stereocenters. The normalized spacial score (nSPS) is 10.1. The van der Waals surface area contributed by atoms with Gasteiger partial charge in [0.25, 0.3) is 11.6 Å². The average Bonchev–Trinajstić information content (AvgIpc) is 2.34. The summed E-state index contributed by atoms with van der Waals surface area (Å²) in [6.45, 7) is 0. The molecule has 0 saturated heterocycles. The first kappa shape index (κ1) is 12.2. The minimum Gasteiger partial charge on any atom is -0.436 e. The Kier molecular flexibility index (Phi) is 3.33. The third-order valence-corrected chi connectivity index (χ3v) is 2.13. The lowest BCUT2D eigenvalue weighted by molar-refractivity contribution is -0.384. The second-order valence-corrected chi connectivity index (χ2v) is 3.48. The highest BCUT2D eigenvalue weighted by Crippen LogP contribution is 2.24. The summed E-state index contributed by atoms with van der Waals surface area (Å²) in [5.41, 5.74) is -0.0939. The van der Waals surface area contributed by atoms with Gasteiger partial charge in [0.2, 0.25) is 11.1 Å². The van der Waals surface area contributed by atoms with Crippen molar-refractivity contribution in [2.45, 2.75) is 0 Å². The summed E-state index contributed by atoms with van der Waals surface area (Å²) in [7, 11) is 0. The molecule has 0 aliphatic rings. The number of nitro groups is 1. The molecular weight excluding hydrogens is 265 g/mol. The van der Waals surface area contributed by atoms with Crippen LogP contribution in [0.4, 0.5) is 10.1 Å². The van der Waals surface area contributed by atoms with Gasteiger partial charge >= 0.3 is 0 Å². The summed E-state index contributed by atoms with van der Waals surface area (Å²) in [5, 5.41) is 10.3. The molecule has 92 valence electrons. The maximum Gasteiger partial charge on any atom is 0.269 e. The predicted octanol–water partition coefficient (Wildman–Crippen LogP) is 2.97. The predicted molar refractivity (Wildman–Crippen MR) is 60.2 cm³/mol. The van der Waals surface area contributed by atoms with Gasteiger partial charge in [-0.05, 0) is 23.7 Å². The first-order valence-corrected chi connectivity index (χ1v) is 5.04. The van der Waals surface area contributed by atoms with Gasteiger partial charge in [0.05, 0.1) is 11.1 Å². The van der Waals surface area contributed by atoms with E-state index in [0.717, 1.165) is 6.20 Å². The van der Waals surface area contributed by atoms with Crippen LogP contribution in [0.3, 0.4) is 0 Å². The molecule has 0 radical (unpaired) electrons. The molecule has 0 bridgehead atoms. The zero-order valence-corrected chi connectivity index (χ0v) is 9.46. The Balaban J connectivity index is 2.23. The van der Waals surface area contributed by atoms with Crippen LogP contribution >= 0.6 is 11.6 Å². The second-order valence-electron chi connectivity index (χ2n) is 3.15. The van der Waals surface area contributed by atoms with Crippen LogP contribution in [0.2, 0.25) is 5.28 Å². The highest BCUT2D eigenvalue weighted by Gasteiger charge is 2.10. The van der Waals surface area contributed by atoms with Crippen molar-refractivity contribution >= 4 is 17.3 Å². The molecule has 1 aromatic heterocycles. The molecule has 0 aliphatic carbocycles. The fraction of sp³-hybridized carbons (Fsp3) is 0. The van der Waals surface area contributed by atoms with Crippen LogP contribution in [-0.4, -0.2) is 14.9 Å². The van der Waals surface area contributed by atoms with E-state index in [1.807, 2.05) is 0 Å². The minimum absolute atomic E-state index is 0.0939. The van der Waals surface area contributed by atoms with E-state index in [9.17, 15) is 14.5 Å². The van der Waals surface area contributed by atoms with Crippen molar-refractivity contribution in [3.05, 3.63) is 51.7 Å². The Morgan fingerprint density at radius 3 is 2.61 bits per heavy atom. The van der Waals surface area contributed by atoms with Gasteiger partial charge < -0.3 is 4.74 Å². The van der Waals surface area contributed by atoms with Gasteiger partial charge in [0.15, 0.2) is 0 Å². The van der Waals surface area contributed by atoms with E-state index < -0.39 is 10.7 Å². The van der Waals surface area contributed by atoms with E-state index >= 15 is 0 Å². The summed E-state index contributed by atoms with van der Waals surface area (Å²) < 4.78 is 18.3. The maximum atomic E-state index is 13.2. The highest BCUT2D eigenvalue weighted by atomic mass is 35.5. The summed E-state index contributed by atoms with van der Waals surface area (Å²) in [6.07, 6.45) is 0.871. The number of non-ortho nitro benzene ring substituents is 1. The molecule has 0 N–H and O–H groups in total. The molecule has 0 spiro atoms. The lowest BCUT2D eigenvalue weighted by atomic mass is 10.3. The Hall–Kier alpha value is -2.28. The number of hydrogen-bond acceptors (Lipinski definition) is 5. The van der Waals surface area contributed by atoms with Crippen LogP contribution in [0.1, 0.15) is 0 Å². The van der Waals surface area contributed by atoms with E-state index in [0.29, 0.717) is 0 Å². The first-order valence-electron chi connectivity index (χ1n) is 4.66. The van der Waals surface area contributed by atoms with Gasteiger partial charge in [-0.1, -0.05) is 0 Å². The van der Waals surface area contributed by atoms with Crippen molar-refractivity contribution in [1.29, 1.82) is 0 Å². The van der Waals surface area contributed by atoms with E-state index in [2.05, 4.69) is 9.97 Å². The maximum absolute atomic E-state index is 13.2. The summed E-state index contributed by atoms with van der Waals surface area (Å²) in [5.74, 6) is -0.920. The lowest BCUT2D eigenvalue weighted by Crippen LogP contribution is -1.94. The monoisotopic (exact) mass is 269 g/mol. The Morgan fingerprint density at radius 1 is 1.33 bits per heavy atom. The molecule has 18 heavy (non-hydrogen) atoms. The topological polar surface area (TPSA) is 78.2 Å². The van der Waals surface area contributed by atoms with Gasteiger partial charge in [-0.25, -0.2) is 4.98 Å². The minimum atomic E-state index is -0.780. The lowest BCUT2D eigenvalue weighted by Gasteiger charge is -2.04. The molecule has 0 amide bonds. The standard InChI is InChI=1S/C10H5ClFN3O3/c11-10-13-5-8(12)9(14-10)18-7-3-1-6(2-4-7)15(16)17/h1-5H. The van der Waals surface area contributed by atoms with E-state index in [-0.39, 0.29) is 22.6 Å². The average molecular weight is 270 g/mol. The van der Waals surface area contributed by atoms with Gasteiger partial charge in [0.1, 0.15) is 5.75 Å². The number of halogens is 2. The van der Waals surface area contributed by atoms with E-state index in [4.69, 9.17) is 16.3 Å². The molecule has 1 heterocycles. The van der Waals surface area contributed by atoms with Crippen molar-refractivity contribution in [3.63, 3.8) is 0 Å². The number of nitrogens with zero attached hydrogens (tertiary/aromatic N) is 3. The molecule has 0 fully saturated rings. The Labute approximate surface area is 105 Å². The third-order valence-electron chi connectivity index (χ3n) is 1.94. The van der Waals surface area contributed by atoms with Crippen molar-refractivity contribution in [3.8, 4) is 11.6 Å². The first-order chi connectivity index (χ1) is 8.56. The van der Waals surface area contributed by atoms with Crippen LogP contribution in [0.15, 0.2) is 30.5 Å². The second kappa shape index (κ2) is 4.92. The van der Waals surface area contributed by atoms with Crippen LogP contribution in [-0.2, 0) is 0 Å². The largest absolute Gasteiger partial charge is 0.436 e. The summed E-state index contributed by atoms with van der Waals surface area (Å²) in [6, 6.07) is 5.12. The third kappa shape index (κ3) is 2.69. The molecule has 0 saturated carbocycles. The van der Waals surface area contributed by atoms with Gasteiger partial charge in [-0.3, -0.25) is 10.1 Å². The number of hydrogen-bond donors (Lipinski definition) is 0. The highest BCUT2D eigenvalue weighted by molar-refractivity contribution is 6.28. The van der Waals surface area contributed by atoms with Crippen molar-refractivity contribution < 1.29 is 14.1 Å². The molecular formula is C10H5ClFN3O3. The van der Waals surface area contributed by atoms with Crippen molar-refractivity contribution in [2.75, 3.05) is 0 Å². The SMILES string of the molecule is O=[N+]([O-])c1ccc(Oc2nc(Cl)ncc2F)cc1. The zero-order valence-electron chi connectivity index (χ0n) is 8.71. The Bertz CT molecular complexity index is 591.